The molecule has 0 bridgehead atoms. The number of nitrogens with zero attached hydrogens (tertiary/aromatic N) is 1. The van der Waals surface area contributed by atoms with Gasteiger partial charge in [-0.2, -0.15) is 4.39 Å². The van der Waals surface area contributed by atoms with Gasteiger partial charge in [-0.3, -0.25) is 10.1 Å². The maximum absolute atomic E-state index is 13.0. The number of hydrogen-bond donors (Lipinski definition) is 2. The summed E-state index contributed by atoms with van der Waals surface area (Å²) in [6.07, 6.45) is 1.35. The van der Waals surface area contributed by atoms with Crippen molar-refractivity contribution in [1.29, 1.82) is 0 Å². The molecule has 1 rings (SSSR count). The van der Waals surface area contributed by atoms with Crippen LogP contribution in [0.25, 0.3) is 0 Å². The summed E-state index contributed by atoms with van der Waals surface area (Å²) < 4.78 is 13.0. The second-order valence-electron chi connectivity index (χ2n) is 3.51. The number of nitro groups is 1. The van der Waals surface area contributed by atoms with Crippen LogP contribution in [-0.4, -0.2) is 11.5 Å². The number of rotatable bonds is 5. The van der Waals surface area contributed by atoms with E-state index in [1.165, 1.54) is 12.1 Å². The molecule has 0 heterocycles. The van der Waals surface area contributed by atoms with E-state index in [4.69, 9.17) is 11.5 Å². The number of halogens is 2. The molecular formula is C10H15ClFN3O2. The van der Waals surface area contributed by atoms with Crippen LogP contribution in [0.1, 0.15) is 24.4 Å². The molecule has 0 aromatic heterocycles. The van der Waals surface area contributed by atoms with Crippen LogP contribution in [-0.2, 0) is 0 Å². The minimum atomic E-state index is -0.847. The summed E-state index contributed by atoms with van der Waals surface area (Å²) in [5.41, 5.74) is 11.1. The molecule has 1 aromatic rings. The van der Waals surface area contributed by atoms with Gasteiger partial charge in [0.15, 0.2) is 0 Å². The molecule has 0 amide bonds. The second kappa shape index (κ2) is 7.16. The molecule has 96 valence electrons. The van der Waals surface area contributed by atoms with Crippen LogP contribution >= 0.6 is 12.4 Å². The van der Waals surface area contributed by atoms with Gasteiger partial charge < -0.3 is 11.5 Å². The van der Waals surface area contributed by atoms with Crippen molar-refractivity contribution >= 4 is 18.1 Å². The van der Waals surface area contributed by atoms with Gasteiger partial charge >= 0.3 is 5.69 Å². The lowest BCUT2D eigenvalue weighted by atomic mass is 10.0. The van der Waals surface area contributed by atoms with Crippen molar-refractivity contribution in [2.75, 3.05) is 6.54 Å². The van der Waals surface area contributed by atoms with E-state index in [-0.39, 0.29) is 18.4 Å². The summed E-state index contributed by atoms with van der Waals surface area (Å²) in [6, 6.07) is 3.36. The third kappa shape index (κ3) is 4.26. The molecule has 1 aromatic carbocycles. The topological polar surface area (TPSA) is 95.2 Å². The molecule has 0 spiro atoms. The fraction of sp³-hybridized carbons (Fsp3) is 0.400. The van der Waals surface area contributed by atoms with Crippen LogP contribution in [0.15, 0.2) is 18.2 Å². The smallest absolute Gasteiger partial charge is 0.305 e. The molecule has 7 heteroatoms. The van der Waals surface area contributed by atoms with E-state index in [9.17, 15) is 14.5 Å². The van der Waals surface area contributed by atoms with Crippen LogP contribution in [0.5, 0.6) is 0 Å². The molecule has 0 aliphatic heterocycles. The van der Waals surface area contributed by atoms with Crippen molar-refractivity contribution in [3.63, 3.8) is 0 Å². The summed E-state index contributed by atoms with van der Waals surface area (Å²) in [4.78, 5) is 9.76. The predicted octanol–water partition coefficient (Wildman–Crippen LogP) is 1.89. The SMILES string of the molecule is Cl.NCCC[C@@H](N)c1ccc(F)c([N+](=O)[O-])c1. The minimum Gasteiger partial charge on any atom is -0.330 e. The van der Waals surface area contributed by atoms with Gasteiger partial charge in [-0.15, -0.1) is 12.4 Å². The maximum atomic E-state index is 13.0. The second-order valence-corrected chi connectivity index (χ2v) is 3.51. The first-order chi connectivity index (χ1) is 7.56. The molecule has 0 aliphatic carbocycles. The number of benzene rings is 1. The third-order valence-corrected chi connectivity index (χ3v) is 2.31. The molecule has 0 saturated heterocycles. The summed E-state index contributed by atoms with van der Waals surface area (Å²) in [7, 11) is 0. The molecule has 0 aliphatic rings. The van der Waals surface area contributed by atoms with Gasteiger partial charge in [0, 0.05) is 12.1 Å². The monoisotopic (exact) mass is 263 g/mol. The zero-order valence-corrected chi connectivity index (χ0v) is 9.95. The Hall–Kier alpha value is -1.24. The van der Waals surface area contributed by atoms with Gasteiger partial charge in [-0.1, -0.05) is 6.07 Å². The summed E-state index contributed by atoms with van der Waals surface area (Å²) >= 11 is 0. The van der Waals surface area contributed by atoms with Crippen molar-refractivity contribution < 1.29 is 9.31 Å². The van der Waals surface area contributed by atoms with E-state index in [2.05, 4.69) is 0 Å². The standard InChI is InChI=1S/C10H14FN3O2.ClH/c11-8-4-3-7(6-10(8)14(15)16)9(13)2-1-5-12;/h3-4,6,9H,1-2,5,12-13H2;1H/t9-;/m1./s1. The first-order valence-corrected chi connectivity index (χ1v) is 4.95. The van der Waals surface area contributed by atoms with E-state index >= 15 is 0 Å². The van der Waals surface area contributed by atoms with Crippen molar-refractivity contribution in [1.82, 2.24) is 0 Å². The fourth-order valence-electron chi connectivity index (χ4n) is 1.40. The van der Waals surface area contributed by atoms with Gasteiger partial charge in [0.1, 0.15) is 0 Å². The molecular weight excluding hydrogens is 249 g/mol. The first-order valence-electron chi connectivity index (χ1n) is 4.95. The van der Waals surface area contributed by atoms with Gasteiger partial charge in [-0.05, 0) is 31.0 Å². The van der Waals surface area contributed by atoms with Gasteiger partial charge in [-0.25, -0.2) is 0 Å². The molecule has 0 radical (unpaired) electrons. The molecule has 0 fully saturated rings. The maximum Gasteiger partial charge on any atom is 0.305 e. The number of hydrogen-bond acceptors (Lipinski definition) is 4. The van der Waals surface area contributed by atoms with Crippen molar-refractivity contribution in [3.8, 4) is 0 Å². The van der Waals surface area contributed by atoms with E-state index in [0.717, 1.165) is 12.5 Å². The molecule has 0 saturated carbocycles. The Kier molecular flexibility index (Phi) is 6.64. The predicted molar refractivity (Wildman–Crippen MR) is 65.5 cm³/mol. The Bertz CT molecular complexity index is 390. The first kappa shape index (κ1) is 15.8. The normalized spacial score (nSPS) is 11.7. The van der Waals surface area contributed by atoms with Crippen LogP contribution in [0.4, 0.5) is 10.1 Å². The van der Waals surface area contributed by atoms with Gasteiger partial charge in [0.2, 0.25) is 5.82 Å². The largest absolute Gasteiger partial charge is 0.330 e. The zero-order chi connectivity index (χ0) is 12.1. The van der Waals surface area contributed by atoms with Crippen LogP contribution in [0, 0.1) is 15.9 Å². The third-order valence-electron chi connectivity index (χ3n) is 2.31. The summed E-state index contributed by atoms with van der Waals surface area (Å²) in [5.74, 6) is -0.847. The highest BCUT2D eigenvalue weighted by atomic mass is 35.5. The molecule has 5 nitrogen and oxygen atoms in total. The zero-order valence-electron chi connectivity index (χ0n) is 9.14. The average Bonchev–Trinajstić information content (AvgIpc) is 2.26. The van der Waals surface area contributed by atoms with Crippen LogP contribution < -0.4 is 11.5 Å². The van der Waals surface area contributed by atoms with E-state index in [1.54, 1.807) is 0 Å². The Morgan fingerprint density at radius 2 is 2.12 bits per heavy atom. The average molecular weight is 264 g/mol. The van der Waals surface area contributed by atoms with E-state index in [1.807, 2.05) is 0 Å². The molecule has 4 N–H and O–H groups in total. The summed E-state index contributed by atoms with van der Waals surface area (Å²) in [6.45, 7) is 0.511. The lowest BCUT2D eigenvalue weighted by molar-refractivity contribution is -0.387. The number of nitro benzene ring substituents is 1. The van der Waals surface area contributed by atoms with E-state index in [0.29, 0.717) is 18.5 Å². The lowest BCUT2D eigenvalue weighted by Crippen LogP contribution is -2.13. The Morgan fingerprint density at radius 3 is 2.65 bits per heavy atom. The highest BCUT2D eigenvalue weighted by Crippen LogP contribution is 2.23. The lowest BCUT2D eigenvalue weighted by Gasteiger charge is -2.10. The minimum absolute atomic E-state index is 0. The Morgan fingerprint density at radius 1 is 1.47 bits per heavy atom. The van der Waals surface area contributed by atoms with E-state index < -0.39 is 16.4 Å². The highest BCUT2D eigenvalue weighted by Gasteiger charge is 2.16. The van der Waals surface area contributed by atoms with Crippen molar-refractivity contribution in [2.24, 2.45) is 11.5 Å². The quantitative estimate of drug-likeness (QED) is 0.626. The van der Waals surface area contributed by atoms with Crippen LogP contribution in [0.3, 0.4) is 0 Å². The van der Waals surface area contributed by atoms with Crippen molar-refractivity contribution in [3.05, 3.63) is 39.7 Å². The molecule has 0 unspecified atom stereocenters. The summed E-state index contributed by atoms with van der Waals surface area (Å²) in [5, 5.41) is 10.5. The Labute approximate surface area is 105 Å². The Balaban J connectivity index is 0.00000256. The molecule has 1 atom stereocenters. The van der Waals surface area contributed by atoms with Crippen LogP contribution in [0.2, 0.25) is 0 Å². The fourth-order valence-corrected chi connectivity index (χ4v) is 1.40. The van der Waals surface area contributed by atoms with Gasteiger partial charge in [0.05, 0.1) is 4.92 Å². The van der Waals surface area contributed by atoms with Gasteiger partial charge in [0.25, 0.3) is 0 Å². The molecule has 17 heavy (non-hydrogen) atoms. The van der Waals surface area contributed by atoms with Crippen molar-refractivity contribution in [2.45, 2.75) is 18.9 Å². The highest BCUT2D eigenvalue weighted by molar-refractivity contribution is 5.85. The number of nitrogens with two attached hydrogens (primary N) is 2.